The fourth-order valence-corrected chi connectivity index (χ4v) is 4.66. The molecule has 0 saturated carbocycles. The van der Waals surface area contributed by atoms with E-state index >= 15 is 0 Å². The summed E-state index contributed by atoms with van der Waals surface area (Å²) in [4.78, 5) is 16.3. The molecule has 1 spiro atoms. The molecule has 5 heterocycles. The highest BCUT2D eigenvalue weighted by Crippen LogP contribution is 2.43. The number of hydrogen-bond donors (Lipinski definition) is 0. The van der Waals surface area contributed by atoms with E-state index in [9.17, 15) is 22.0 Å². The lowest BCUT2D eigenvalue weighted by Gasteiger charge is -2.49. The standard InChI is InChI=1S/C21H22F5N7O/c1-2-34-19-17-18(33(30-19)9-15(22)23)29-16(8-28-17)31-6-4-20(10-31)11-32(12-20)13-3-5-27-14(7-13)21(24,25)26/h3,5,7-8,15H,2,4,6,9-12H2,1H3. The minimum atomic E-state index is -4.49. The van der Waals surface area contributed by atoms with Crippen molar-refractivity contribution in [3.8, 4) is 5.88 Å². The van der Waals surface area contributed by atoms with Gasteiger partial charge >= 0.3 is 6.18 Å². The molecule has 0 unspecified atom stereocenters. The van der Waals surface area contributed by atoms with Gasteiger partial charge in [0.25, 0.3) is 12.3 Å². The summed E-state index contributed by atoms with van der Waals surface area (Å²) < 4.78 is 71.6. The number of fused-ring (bicyclic) bond motifs is 1. The zero-order chi connectivity index (χ0) is 24.1. The summed E-state index contributed by atoms with van der Waals surface area (Å²) in [7, 11) is 0. The van der Waals surface area contributed by atoms with Crippen LogP contribution in [0.5, 0.6) is 5.88 Å². The average molecular weight is 483 g/mol. The number of halogens is 5. The topological polar surface area (TPSA) is 72.2 Å². The van der Waals surface area contributed by atoms with E-state index < -0.39 is 24.8 Å². The summed E-state index contributed by atoms with van der Waals surface area (Å²) in [5.41, 5.74) is 0.0567. The molecule has 0 aromatic carbocycles. The fourth-order valence-electron chi connectivity index (χ4n) is 4.66. The quantitative estimate of drug-likeness (QED) is 0.496. The average Bonchev–Trinajstić information content (AvgIpc) is 3.35. The molecule has 2 aliphatic heterocycles. The number of hydrogen-bond acceptors (Lipinski definition) is 7. The number of nitrogens with zero attached hydrogens (tertiary/aromatic N) is 7. The number of alkyl halides is 5. The Morgan fingerprint density at radius 1 is 1.15 bits per heavy atom. The van der Waals surface area contributed by atoms with Gasteiger partial charge in [-0.05, 0) is 25.5 Å². The summed E-state index contributed by atoms with van der Waals surface area (Å²) in [5.74, 6) is 0.713. The van der Waals surface area contributed by atoms with Gasteiger partial charge in [-0.25, -0.2) is 23.4 Å². The predicted octanol–water partition coefficient (Wildman–Crippen LogP) is 3.62. The van der Waals surface area contributed by atoms with E-state index in [1.807, 2.05) is 9.80 Å². The molecule has 2 saturated heterocycles. The van der Waals surface area contributed by atoms with E-state index in [4.69, 9.17) is 4.74 Å². The number of anilines is 2. The van der Waals surface area contributed by atoms with Gasteiger partial charge in [-0.15, -0.1) is 5.10 Å². The van der Waals surface area contributed by atoms with Gasteiger partial charge in [0, 0.05) is 43.5 Å². The smallest absolute Gasteiger partial charge is 0.433 e. The van der Waals surface area contributed by atoms with Crippen molar-refractivity contribution < 1.29 is 26.7 Å². The first-order valence-corrected chi connectivity index (χ1v) is 10.9. The molecule has 0 radical (unpaired) electrons. The summed E-state index contributed by atoms with van der Waals surface area (Å²) in [6.45, 7) is 4.00. The Kier molecular flexibility index (Phi) is 5.44. The van der Waals surface area contributed by atoms with Crippen LogP contribution < -0.4 is 14.5 Å². The Bertz CT molecular complexity index is 1190. The predicted molar refractivity (Wildman–Crippen MR) is 113 cm³/mol. The zero-order valence-electron chi connectivity index (χ0n) is 18.3. The van der Waals surface area contributed by atoms with Gasteiger partial charge in [-0.2, -0.15) is 13.2 Å². The Hall–Kier alpha value is -3.25. The molecule has 0 amide bonds. The maximum absolute atomic E-state index is 13.0. The van der Waals surface area contributed by atoms with Gasteiger partial charge in [0.05, 0.1) is 12.8 Å². The Morgan fingerprint density at radius 3 is 2.62 bits per heavy atom. The van der Waals surface area contributed by atoms with Crippen LogP contribution in [0.3, 0.4) is 0 Å². The largest absolute Gasteiger partial charge is 0.475 e. The monoisotopic (exact) mass is 483 g/mol. The van der Waals surface area contributed by atoms with Gasteiger partial charge in [0.2, 0.25) is 0 Å². The second-order valence-corrected chi connectivity index (χ2v) is 8.64. The normalized spacial score (nSPS) is 17.7. The molecule has 0 aliphatic carbocycles. The van der Waals surface area contributed by atoms with Crippen LogP contribution >= 0.6 is 0 Å². The second-order valence-electron chi connectivity index (χ2n) is 8.64. The van der Waals surface area contributed by atoms with Gasteiger partial charge < -0.3 is 14.5 Å². The lowest BCUT2D eigenvalue weighted by Crippen LogP contribution is -2.57. The molecular formula is C21H22F5N7O. The summed E-state index contributed by atoms with van der Waals surface area (Å²) >= 11 is 0. The summed E-state index contributed by atoms with van der Waals surface area (Å²) in [6, 6.07) is 2.65. The third-order valence-corrected chi connectivity index (χ3v) is 6.21. The third kappa shape index (κ3) is 4.07. The van der Waals surface area contributed by atoms with Crippen LogP contribution in [0.2, 0.25) is 0 Å². The van der Waals surface area contributed by atoms with Crippen molar-refractivity contribution in [1.29, 1.82) is 0 Å². The highest BCUT2D eigenvalue weighted by molar-refractivity contribution is 5.78. The lowest BCUT2D eigenvalue weighted by molar-refractivity contribution is -0.141. The van der Waals surface area contributed by atoms with Gasteiger partial charge in [0.1, 0.15) is 18.1 Å². The van der Waals surface area contributed by atoms with Crippen LogP contribution in [0, 0.1) is 5.41 Å². The molecule has 0 bridgehead atoms. The van der Waals surface area contributed by atoms with E-state index in [1.54, 1.807) is 19.2 Å². The molecule has 0 atom stereocenters. The maximum atomic E-state index is 13.0. The first-order chi connectivity index (χ1) is 16.2. The summed E-state index contributed by atoms with van der Waals surface area (Å²) in [5, 5.41) is 4.09. The van der Waals surface area contributed by atoms with E-state index in [0.29, 0.717) is 49.8 Å². The van der Waals surface area contributed by atoms with Crippen molar-refractivity contribution >= 4 is 22.7 Å². The molecule has 0 N–H and O–H groups in total. The maximum Gasteiger partial charge on any atom is 0.433 e. The van der Waals surface area contributed by atoms with E-state index in [1.165, 1.54) is 6.20 Å². The van der Waals surface area contributed by atoms with Crippen molar-refractivity contribution in [1.82, 2.24) is 24.7 Å². The van der Waals surface area contributed by atoms with Crippen molar-refractivity contribution in [3.63, 3.8) is 0 Å². The van der Waals surface area contributed by atoms with Gasteiger partial charge in [0.15, 0.2) is 11.2 Å². The molecular weight excluding hydrogens is 461 g/mol. The Morgan fingerprint density at radius 2 is 1.91 bits per heavy atom. The summed E-state index contributed by atoms with van der Waals surface area (Å²) in [6.07, 6.45) is -3.51. The van der Waals surface area contributed by atoms with E-state index in [-0.39, 0.29) is 16.9 Å². The van der Waals surface area contributed by atoms with Crippen LogP contribution in [0.25, 0.3) is 11.2 Å². The highest BCUT2D eigenvalue weighted by atomic mass is 19.4. The third-order valence-electron chi connectivity index (χ3n) is 6.21. The van der Waals surface area contributed by atoms with Crippen LogP contribution in [0.4, 0.5) is 33.5 Å². The fraction of sp³-hybridized carbons (Fsp3) is 0.524. The van der Waals surface area contributed by atoms with Crippen LogP contribution in [0.1, 0.15) is 19.0 Å². The zero-order valence-corrected chi connectivity index (χ0v) is 18.3. The first kappa shape index (κ1) is 22.5. The first-order valence-electron chi connectivity index (χ1n) is 10.9. The van der Waals surface area contributed by atoms with Gasteiger partial charge in [-0.1, -0.05) is 0 Å². The number of ether oxygens (including phenoxy) is 1. The Balaban J connectivity index is 1.32. The second kappa shape index (κ2) is 8.20. The molecule has 13 heteroatoms. The number of rotatable bonds is 6. The Labute approximate surface area is 191 Å². The molecule has 8 nitrogen and oxygen atoms in total. The van der Waals surface area contributed by atoms with Crippen molar-refractivity contribution in [3.05, 3.63) is 30.2 Å². The molecule has 34 heavy (non-hydrogen) atoms. The van der Waals surface area contributed by atoms with Crippen molar-refractivity contribution in [2.45, 2.75) is 32.5 Å². The lowest BCUT2D eigenvalue weighted by atomic mass is 9.79. The minimum Gasteiger partial charge on any atom is -0.475 e. The number of pyridine rings is 1. The van der Waals surface area contributed by atoms with Gasteiger partial charge in [-0.3, -0.25) is 4.98 Å². The van der Waals surface area contributed by atoms with Crippen molar-refractivity contribution in [2.24, 2.45) is 5.41 Å². The van der Waals surface area contributed by atoms with Crippen LogP contribution in [-0.4, -0.2) is 63.9 Å². The molecule has 2 fully saturated rings. The molecule has 182 valence electrons. The van der Waals surface area contributed by atoms with E-state index in [2.05, 4.69) is 20.1 Å². The molecule has 2 aliphatic rings. The molecule has 5 rings (SSSR count). The van der Waals surface area contributed by atoms with Crippen molar-refractivity contribution in [2.75, 3.05) is 42.6 Å². The molecule has 3 aromatic heterocycles. The minimum absolute atomic E-state index is 0.0853. The SMILES string of the molecule is CCOc1nn(CC(F)F)c2nc(N3CCC4(CN(c5ccnc(C(F)(F)F)c5)C4)C3)cnc12. The number of aromatic nitrogens is 5. The van der Waals surface area contributed by atoms with E-state index in [0.717, 1.165) is 17.2 Å². The van der Waals surface area contributed by atoms with Crippen LogP contribution in [-0.2, 0) is 12.7 Å². The highest BCUT2D eigenvalue weighted by Gasteiger charge is 2.48. The van der Waals surface area contributed by atoms with Crippen LogP contribution in [0.15, 0.2) is 24.5 Å². The molecule has 3 aromatic rings.